The molecule has 0 saturated carbocycles. The summed E-state index contributed by atoms with van der Waals surface area (Å²) in [5.74, 6) is -0.894. The summed E-state index contributed by atoms with van der Waals surface area (Å²) >= 11 is 6.06. The topological polar surface area (TPSA) is 42.2 Å². The Labute approximate surface area is 140 Å². The maximum atomic E-state index is 11.7. The molecule has 0 aliphatic carbocycles. The van der Waals surface area contributed by atoms with Gasteiger partial charge in [0.1, 0.15) is 5.69 Å². The normalized spacial score (nSPS) is 11.0. The Kier molecular flexibility index (Phi) is 4.39. The lowest BCUT2D eigenvalue weighted by atomic mass is 10.1. The highest BCUT2D eigenvalue weighted by atomic mass is 35.5. The standard InChI is InChI=1S/C19H18ClNO2/c1-13-16-12-15(20)9-10-17(16)21(18(13)19(22)23)11-5-8-14-6-3-2-4-7-14/h2-4,6-7,9-10,12H,5,8,11H2,1H3,(H,22,23). The number of carbonyl (C=O) groups is 1. The minimum Gasteiger partial charge on any atom is -0.477 e. The second-order valence-electron chi connectivity index (χ2n) is 5.68. The van der Waals surface area contributed by atoms with E-state index in [0.717, 1.165) is 29.3 Å². The van der Waals surface area contributed by atoms with Crippen LogP contribution in [0.3, 0.4) is 0 Å². The van der Waals surface area contributed by atoms with Crippen molar-refractivity contribution in [2.75, 3.05) is 0 Å². The Bertz CT molecular complexity index is 853. The number of aromatic nitrogens is 1. The molecule has 0 unspecified atom stereocenters. The molecule has 0 aliphatic rings. The van der Waals surface area contributed by atoms with E-state index >= 15 is 0 Å². The molecule has 1 N–H and O–H groups in total. The van der Waals surface area contributed by atoms with Gasteiger partial charge in [-0.2, -0.15) is 0 Å². The smallest absolute Gasteiger partial charge is 0.352 e. The van der Waals surface area contributed by atoms with Crippen molar-refractivity contribution in [2.24, 2.45) is 0 Å². The molecule has 1 heterocycles. The van der Waals surface area contributed by atoms with Gasteiger partial charge in [-0.3, -0.25) is 0 Å². The highest BCUT2D eigenvalue weighted by Crippen LogP contribution is 2.28. The number of rotatable bonds is 5. The molecule has 0 spiro atoms. The number of carboxylic acids is 1. The molecular formula is C19H18ClNO2. The molecule has 1 aromatic heterocycles. The van der Waals surface area contributed by atoms with Crippen molar-refractivity contribution in [1.29, 1.82) is 0 Å². The van der Waals surface area contributed by atoms with Crippen molar-refractivity contribution >= 4 is 28.5 Å². The molecule has 0 radical (unpaired) electrons. The van der Waals surface area contributed by atoms with Crippen LogP contribution < -0.4 is 0 Å². The van der Waals surface area contributed by atoms with Crippen LogP contribution in [-0.4, -0.2) is 15.6 Å². The van der Waals surface area contributed by atoms with Crippen LogP contribution in [0, 0.1) is 6.92 Å². The summed E-state index contributed by atoms with van der Waals surface area (Å²) in [5, 5.41) is 11.1. The third-order valence-electron chi connectivity index (χ3n) is 4.17. The van der Waals surface area contributed by atoms with Gasteiger partial charge in [0, 0.05) is 22.5 Å². The van der Waals surface area contributed by atoms with Gasteiger partial charge in [0.15, 0.2) is 0 Å². The summed E-state index contributed by atoms with van der Waals surface area (Å²) in [7, 11) is 0. The van der Waals surface area contributed by atoms with Crippen molar-refractivity contribution in [3.8, 4) is 0 Å². The monoisotopic (exact) mass is 327 g/mol. The van der Waals surface area contributed by atoms with E-state index in [1.807, 2.05) is 47.9 Å². The molecule has 4 heteroatoms. The highest BCUT2D eigenvalue weighted by Gasteiger charge is 2.19. The second-order valence-corrected chi connectivity index (χ2v) is 6.12. The van der Waals surface area contributed by atoms with E-state index in [1.165, 1.54) is 5.56 Å². The SMILES string of the molecule is Cc1c(C(=O)O)n(CCCc2ccccc2)c2ccc(Cl)cc12. The molecule has 0 bridgehead atoms. The minimum absolute atomic E-state index is 0.357. The van der Waals surface area contributed by atoms with Gasteiger partial charge in [-0.25, -0.2) is 4.79 Å². The van der Waals surface area contributed by atoms with E-state index in [2.05, 4.69) is 12.1 Å². The van der Waals surface area contributed by atoms with Crippen LogP contribution in [0.25, 0.3) is 10.9 Å². The van der Waals surface area contributed by atoms with Crippen LogP contribution >= 0.6 is 11.6 Å². The molecule has 0 atom stereocenters. The first-order valence-corrected chi connectivity index (χ1v) is 8.01. The molecule has 0 aliphatic heterocycles. The first-order chi connectivity index (χ1) is 11.1. The number of halogens is 1. The number of benzene rings is 2. The summed E-state index contributed by atoms with van der Waals surface area (Å²) in [6.07, 6.45) is 1.81. The molecule has 2 aromatic carbocycles. The van der Waals surface area contributed by atoms with Gasteiger partial charge < -0.3 is 9.67 Å². The summed E-state index contributed by atoms with van der Waals surface area (Å²) in [6.45, 7) is 2.51. The van der Waals surface area contributed by atoms with Crippen LogP contribution in [0.1, 0.15) is 28.0 Å². The predicted molar refractivity (Wildman–Crippen MR) is 93.4 cm³/mol. The van der Waals surface area contributed by atoms with Gasteiger partial charge in [-0.15, -0.1) is 0 Å². The van der Waals surface area contributed by atoms with Crippen LogP contribution in [0.2, 0.25) is 5.02 Å². The summed E-state index contributed by atoms with van der Waals surface area (Å²) < 4.78 is 1.90. The second kappa shape index (κ2) is 6.47. The lowest BCUT2D eigenvalue weighted by molar-refractivity contribution is 0.0684. The third kappa shape index (κ3) is 3.10. The first-order valence-electron chi connectivity index (χ1n) is 7.63. The van der Waals surface area contributed by atoms with Gasteiger partial charge in [0.2, 0.25) is 0 Å². The van der Waals surface area contributed by atoms with Crippen LogP contribution in [-0.2, 0) is 13.0 Å². The number of aryl methyl sites for hydroxylation is 3. The molecule has 23 heavy (non-hydrogen) atoms. The fourth-order valence-electron chi connectivity index (χ4n) is 3.09. The summed E-state index contributed by atoms with van der Waals surface area (Å²) in [6, 6.07) is 15.8. The lowest BCUT2D eigenvalue weighted by Crippen LogP contribution is -2.10. The quantitative estimate of drug-likeness (QED) is 0.721. The largest absolute Gasteiger partial charge is 0.477 e. The Morgan fingerprint density at radius 1 is 1.17 bits per heavy atom. The van der Waals surface area contributed by atoms with Gasteiger partial charge >= 0.3 is 5.97 Å². The third-order valence-corrected chi connectivity index (χ3v) is 4.41. The number of nitrogens with zero attached hydrogens (tertiary/aromatic N) is 1. The molecule has 3 nitrogen and oxygen atoms in total. The summed E-state index contributed by atoms with van der Waals surface area (Å²) in [5.41, 5.74) is 3.32. The minimum atomic E-state index is -0.894. The molecule has 0 saturated heterocycles. The zero-order valence-corrected chi connectivity index (χ0v) is 13.7. The fourth-order valence-corrected chi connectivity index (χ4v) is 3.26. The van der Waals surface area contributed by atoms with Gasteiger partial charge in [0.05, 0.1) is 0 Å². The van der Waals surface area contributed by atoms with Crippen molar-refractivity contribution in [3.05, 3.63) is 70.4 Å². The number of hydrogen-bond acceptors (Lipinski definition) is 1. The van der Waals surface area contributed by atoms with Crippen LogP contribution in [0.5, 0.6) is 0 Å². The highest BCUT2D eigenvalue weighted by molar-refractivity contribution is 6.31. The van der Waals surface area contributed by atoms with Gasteiger partial charge in [-0.05, 0) is 49.1 Å². The van der Waals surface area contributed by atoms with E-state index in [4.69, 9.17) is 11.6 Å². The first kappa shape index (κ1) is 15.6. The Morgan fingerprint density at radius 3 is 2.61 bits per heavy atom. The van der Waals surface area contributed by atoms with Crippen LogP contribution in [0.15, 0.2) is 48.5 Å². The number of aromatic carboxylic acids is 1. The van der Waals surface area contributed by atoms with E-state index in [1.54, 1.807) is 0 Å². The van der Waals surface area contributed by atoms with E-state index in [0.29, 0.717) is 17.3 Å². The number of hydrogen-bond donors (Lipinski definition) is 1. The van der Waals surface area contributed by atoms with E-state index in [9.17, 15) is 9.90 Å². The fraction of sp³-hybridized carbons (Fsp3) is 0.211. The molecule has 0 amide bonds. The zero-order chi connectivity index (χ0) is 16.4. The Hall–Kier alpha value is -2.26. The molecule has 3 rings (SSSR count). The van der Waals surface area contributed by atoms with E-state index in [-0.39, 0.29) is 0 Å². The molecule has 118 valence electrons. The molecule has 3 aromatic rings. The van der Waals surface area contributed by atoms with Crippen molar-refractivity contribution in [1.82, 2.24) is 4.57 Å². The summed E-state index contributed by atoms with van der Waals surface area (Å²) in [4.78, 5) is 11.7. The van der Waals surface area contributed by atoms with Crippen molar-refractivity contribution in [3.63, 3.8) is 0 Å². The van der Waals surface area contributed by atoms with Crippen molar-refractivity contribution in [2.45, 2.75) is 26.3 Å². The maximum Gasteiger partial charge on any atom is 0.352 e. The molecule has 0 fully saturated rings. The van der Waals surface area contributed by atoms with Crippen molar-refractivity contribution < 1.29 is 9.90 Å². The number of fused-ring (bicyclic) bond motifs is 1. The van der Waals surface area contributed by atoms with Gasteiger partial charge in [0.25, 0.3) is 0 Å². The van der Waals surface area contributed by atoms with Crippen LogP contribution in [0.4, 0.5) is 0 Å². The Morgan fingerprint density at radius 2 is 1.91 bits per heavy atom. The maximum absolute atomic E-state index is 11.7. The average Bonchev–Trinajstić information content (AvgIpc) is 2.81. The average molecular weight is 328 g/mol. The molecular weight excluding hydrogens is 310 g/mol. The lowest BCUT2D eigenvalue weighted by Gasteiger charge is -2.09. The number of carboxylic acid groups (broad SMARTS) is 1. The van der Waals surface area contributed by atoms with E-state index < -0.39 is 5.97 Å². The zero-order valence-electron chi connectivity index (χ0n) is 12.9. The Balaban J connectivity index is 1.92. The van der Waals surface area contributed by atoms with Gasteiger partial charge in [-0.1, -0.05) is 41.9 Å². The predicted octanol–water partition coefficient (Wildman–Crippen LogP) is 4.93.